The lowest BCUT2D eigenvalue weighted by molar-refractivity contribution is 0.266. The lowest BCUT2D eigenvalue weighted by Gasteiger charge is -2.24. The van der Waals surface area contributed by atoms with Gasteiger partial charge < -0.3 is 9.80 Å². The second kappa shape index (κ2) is 5.68. The van der Waals surface area contributed by atoms with E-state index in [4.69, 9.17) is 23.2 Å². The van der Waals surface area contributed by atoms with Crippen molar-refractivity contribution in [3.8, 4) is 0 Å². The number of nitrogens with zero attached hydrogens (tertiary/aromatic N) is 2. The maximum absolute atomic E-state index is 6.11. The van der Waals surface area contributed by atoms with Gasteiger partial charge in [0.25, 0.3) is 0 Å². The molecule has 1 aliphatic heterocycles. The summed E-state index contributed by atoms with van der Waals surface area (Å²) in [7, 11) is 4.29. The average Bonchev–Trinajstić information content (AvgIpc) is 2.71. The van der Waals surface area contributed by atoms with Crippen LogP contribution >= 0.6 is 23.2 Å². The van der Waals surface area contributed by atoms with Crippen LogP contribution in [-0.2, 0) is 5.88 Å². The third kappa shape index (κ3) is 2.76. The van der Waals surface area contributed by atoms with Gasteiger partial charge in [0.05, 0.1) is 0 Å². The molecule has 1 aromatic rings. The summed E-state index contributed by atoms with van der Waals surface area (Å²) in [5.74, 6) is 1.19. The van der Waals surface area contributed by atoms with Crippen molar-refractivity contribution in [2.24, 2.45) is 5.92 Å². The highest BCUT2D eigenvalue weighted by molar-refractivity contribution is 6.31. The minimum atomic E-state index is 0.532. The Bertz CT molecular complexity index is 420. The average molecular weight is 287 g/mol. The Hall–Kier alpha value is -0.440. The maximum Gasteiger partial charge on any atom is 0.0494 e. The largest absolute Gasteiger partial charge is 0.369 e. The number of rotatable bonds is 3. The molecule has 0 aromatic heterocycles. The van der Waals surface area contributed by atoms with E-state index in [-0.39, 0.29) is 0 Å². The van der Waals surface area contributed by atoms with Crippen molar-refractivity contribution < 1.29 is 0 Å². The van der Waals surface area contributed by atoms with Gasteiger partial charge in [-0.05, 0) is 37.7 Å². The van der Waals surface area contributed by atoms with Crippen LogP contribution in [-0.4, -0.2) is 38.1 Å². The first-order chi connectivity index (χ1) is 8.52. The van der Waals surface area contributed by atoms with Crippen molar-refractivity contribution in [1.29, 1.82) is 0 Å². The van der Waals surface area contributed by atoms with Crippen LogP contribution in [0.1, 0.15) is 12.5 Å². The van der Waals surface area contributed by atoms with E-state index in [2.05, 4.69) is 30.8 Å². The molecule has 2 atom stereocenters. The van der Waals surface area contributed by atoms with Gasteiger partial charge in [0.15, 0.2) is 0 Å². The molecule has 2 unspecified atom stereocenters. The summed E-state index contributed by atoms with van der Waals surface area (Å²) in [6.07, 6.45) is 0. The van der Waals surface area contributed by atoms with E-state index in [1.807, 2.05) is 18.2 Å². The summed E-state index contributed by atoms with van der Waals surface area (Å²) in [6, 6.07) is 6.56. The highest BCUT2D eigenvalue weighted by atomic mass is 35.5. The van der Waals surface area contributed by atoms with Crippen molar-refractivity contribution in [1.82, 2.24) is 4.90 Å². The Morgan fingerprint density at radius 3 is 2.61 bits per heavy atom. The van der Waals surface area contributed by atoms with E-state index in [0.717, 1.165) is 23.7 Å². The Morgan fingerprint density at radius 1 is 1.33 bits per heavy atom. The molecule has 0 aliphatic carbocycles. The molecule has 0 bridgehead atoms. The van der Waals surface area contributed by atoms with Crippen molar-refractivity contribution in [2.75, 3.05) is 32.1 Å². The Morgan fingerprint density at radius 2 is 2.06 bits per heavy atom. The van der Waals surface area contributed by atoms with Crippen molar-refractivity contribution in [3.05, 3.63) is 28.8 Å². The topological polar surface area (TPSA) is 6.48 Å². The molecule has 0 amide bonds. The highest BCUT2D eigenvalue weighted by Crippen LogP contribution is 2.31. The van der Waals surface area contributed by atoms with Crippen LogP contribution in [0.5, 0.6) is 0 Å². The summed E-state index contributed by atoms with van der Waals surface area (Å²) in [5, 5.41) is 0.778. The fraction of sp³-hybridized carbons (Fsp3) is 0.571. The molecule has 2 rings (SSSR count). The number of anilines is 1. The number of likely N-dealkylation sites (N-methyl/N-ethyl adjacent to an activating group) is 1. The van der Waals surface area contributed by atoms with Gasteiger partial charge in [-0.2, -0.15) is 0 Å². The second-order valence-electron chi connectivity index (χ2n) is 5.32. The molecule has 2 nitrogen and oxygen atoms in total. The molecule has 1 aromatic carbocycles. The molecule has 0 saturated carbocycles. The molecule has 4 heteroatoms. The van der Waals surface area contributed by atoms with Crippen LogP contribution in [0.2, 0.25) is 5.02 Å². The van der Waals surface area contributed by atoms with E-state index in [1.54, 1.807) is 0 Å². The highest BCUT2D eigenvalue weighted by Gasteiger charge is 2.31. The third-order valence-corrected chi connectivity index (χ3v) is 4.29. The van der Waals surface area contributed by atoms with Gasteiger partial charge in [-0.25, -0.2) is 0 Å². The lowest BCUT2D eigenvalue weighted by atomic mass is 10.1. The summed E-state index contributed by atoms with van der Waals surface area (Å²) >= 11 is 12.1. The van der Waals surface area contributed by atoms with E-state index >= 15 is 0 Å². The van der Waals surface area contributed by atoms with E-state index in [0.29, 0.717) is 17.8 Å². The monoisotopic (exact) mass is 286 g/mol. The molecule has 1 saturated heterocycles. The first kappa shape index (κ1) is 14.0. The summed E-state index contributed by atoms with van der Waals surface area (Å²) < 4.78 is 0. The quantitative estimate of drug-likeness (QED) is 0.785. The minimum absolute atomic E-state index is 0.532. The molecule has 100 valence electrons. The molecule has 0 radical (unpaired) electrons. The zero-order chi connectivity index (χ0) is 13.3. The summed E-state index contributed by atoms with van der Waals surface area (Å²) in [4.78, 5) is 4.70. The van der Waals surface area contributed by atoms with Crippen LogP contribution in [0.15, 0.2) is 18.2 Å². The predicted octanol–water partition coefficient (Wildman–Crippen LogP) is 3.47. The standard InChI is InChI=1S/C14H20Cl2N2/c1-10-8-18(9-14(10)17(2)3)13-6-12(16)5-4-11(13)7-15/h4-6,10,14H,7-9H2,1-3H3. The van der Waals surface area contributed by atoms with E-state index in [1.165, 1.54) is 5.69 Å². The molecule has 18 heavy (non-hydrogen) atoms. The van der Waals surface area contributed by atoms with Crippen molar-refractivity contribution in [3.63, 3.8) is 0 Å². The zero-order valence-corrected chi connectivity index (χ0v) is 12.7. The van der Waals surface area contributed by atoms with Crippen LogP contribution < -0.4 is 4.90 Å². The third-order valence-electron chi connectivity index (χ3n) is 3.77. The second-order valence-corrected chi connectivity index (χ2v) is 6.02. The predicted molar refractivity (Wildman–Crippen MR) is 79.9 cm³/mol. The maximum atomic E-state index is 6.11. The van der Waals surface area contributed by atoms with Crippen LogP contribution in [0, 0.1) is 5.92 Å². The Balaban J connectivity index is 2.25. The lowest BCUT2D eigenvalue weighted by Crippen LogP contribution is -2.34. The first-order valence-electron chi connectivity index (χ1n) is 6.28. The first-order valence-corrected chi connectivity index (χ1v) is 7.20. The molecule has 1 fully saturated rings. The summed E-state index contributed by atoms with van der Waals surface area (Å²) in [6.45, 7) is 4.40. The van der Waals surface area contributed by atoms with Crippen LogP contribution in [0.25, 0.3) is 0 Å². The number of hydrogen-bond donors (Lipinski definition) is 0. The Labute approximate surface area is 119 Å². The van der Waals surface area contributed by atoms with E-state index in [9.17, 15) is 0 Å². The van der Waals surface area contributed by atoms with E-state index < -0.39 is 0 Å². The molecular formula is C14H20Cl2N2. The van der Waals surface area contributed by atoms with Gasteiger partial charge in [0.1, 0.15) is 0 Å². The van der Waals surface area contributed by atoms with Gasteiger partial charge >= 0.3 is 0 Å². The van der Waals surface area contributed by atoms with Gasteiger partial charge in [0.2, 0.25) is 0 Å². The molecule has 0 spiro atoms. The zero-order valence-electron chi connectivity index (χ0n) is 11.2. The molecular weight excluding hydrogens is 267 g/mol. The minimum Gasteiger partial charge on any atom is -0.369 e. The fourth-order valence-corrected chi connectivity index (χ4v) is 3.16. The van der Waals surface area contributed by atoms with Crippen LogP contribution in [0.3, 0.4) is 0 Å². The normalized spacial score (nSPS) is 24.0. The van der Waals surface area contributed by atoms with Gasteiger partial charge in [0, 0.05) is 35.7 Å². The van der Waals surface area contributed by atoms with Gasteiger partial charge in [-0.3, -0.25) is 0 Å². The number of alkyl halides is 1. The van der Waals surface area contributed by atoms with Crippen molar-refractivity contribution >= 4 is 28.9 Å². The van der Waals surface area contributed by atoms with Crippen molar-refractivity contribution in [2.45, 2.75) is 18.8 Å². The fourth-order valence-electron chi connectivity index (χ4n) is 2.76. The summed E-state index contributed by atoms with van der Waals surface area (Å²) in [5.41, 5.74) is 2.35. The SMILES string of the molecule is CC1CN(c2cc(Cl)ccc2CCl)CC1N(C)C. The number of benzene rings is 1. The van der Waals surface area contributed by atoms with Crippen LogP contribution in [0.4, 0.5) is 5.69 Å². The molecule has 1 heterocycles. The molecule has 0 N–H and O–H groups in total. The molecule has 1 aliphatic rings. The Kier molecular flexibility index (Phi) is 4.41. The number of halogens is 2. The van der Waals surface area contributed by atoms with Gasteiger partial charge in [-0.1, -0.05) is 24.6 Å². The smallest absolute Gasteiger partial charge is 0.0494 e. The number of hydrogen-bond acceptors (Lipinski definition) is 2. The van der Waals surface area contributed by atoms with Gasteiger partial charge in [-0.15, -0.1) is 11.6 Å².